The number of ketones is 1. The van der Waals surface area contributed by atoms with Gasteiger partial charge in [-0.1, -0.05) is 90.3 Å². The lowest BCUT2D eigenvalue weighted by Gasteiger charge is -2.16. The predicted molar refractivity (Wildman–Crippen MR) is 89.3 cm³/mol. The summed E-state index contributed by atoms with van der Waals surface area (Å²) < 4.78 is 0.966. The first-order valence-electron chi connectivity index (χ1n) is 5.72. The summed E-state index contributed by atoms with van der Waals surface area (Å²) in [5.74, 6) is 0.0678. The first-order chi connectivity index (χ1) is 9.09. The lowest BCUT2D eigenvalue weighted by atomic mass is 10.0. The van der Waals surface area contributed by atoms with E-state index >= 15 is 0 Å². The number of halogens is 3. The maximum absolute atomic E-state index is 12.4. The van der Waals surface area contributed by atoms with Gasteiger partial charge in [-0.2, -0.15) is 0 Å². The van der Waals surface area contributed by atoms with Crippen LogP contribution < -0.4 is 0 Å². The van der Waals surface area contributed by atoms with Crippen LogP contribution in [0.2, 0.25) is 0 Å². The Bertz CT molecular complexity index is 551. The molecule has 0 saturated carbocycles. The molecular weight excluding hydrogens is 436 g/mol. The maximum Gasteiger partial charge on any atom is 0.177 e. The minimum atomic E-state index is -0.295. The largest absolute Gasteiger partial charge is 0.293 e. The lowest BCUT2D eigenvalue weighted by molar-refractivity contribution is 0.0991. The van der Waals surface area contributed by atoms with Gasteiger partial charge < -0.3 is 0 Å². The van der Waals surface area contributed by atoms with Crippen molar-refractivity contribution in [3.05, 3.63) is 70.2 Å². The van der Waals surface area contributed by atoms with Gasteiger partial charge in [-0.15, -0.1) is 0 Å². The molecule has 0 amide bonds. The third-order valence-corrected chi connectivity index (χ3v) is 5.99. The summed E-state index contributed by atoms with van der Waals surface area (Å²) in [5.41, 5.74) is 1.78. The molecule has 1 nitrogen and oxygen atoms in total. The summed E-state index contributed by atoms with van der Waals surface area (Å²) in [6, 6.07) is 17.3. The number of hydrogen-bond acceptors (Lipinski definition) is 1. The minimum absolute atomic E-state index is 0.0511. The summed E-state index contributed by atoms with van der Waals surface area (Å²) in [4.78, 5) is 12.0. The van der Waals surface area contributed by atoms with Crippen molar-refractivity contribution in [1.82, 2.24) is 0 Å². The van der Waals surface area contributed by atoms with E-state index in [4.69, 9.17) is 0 Å². The van der Waals surface area contributed by atoms with Gasteiger partial charge in [-0.3, -0.25) is 4.79 Å². The fraction of sp³-hybridized carbons (Fsp3) is 0.133. The standard InChI is InChI=1S/C15H11Br3O/c16-12-8-6-11(7-9-12)15(19)14(18)13(17)10-4-2-1-3-5-10/h1-9,13-14H. The van der Waals surface area contributed by atoms with E-state index in [9.17, 15) is 4.79 Å². The van der Waals surface area contributed by atoms with Gasteiger partial charge >= 0.3 is 0 Å². The van der Waals surface area contributed by atoms with Gasteiger partial charge in [-0.25, -0.2) is 0 Å². The number of benzene rings is 2. The Kier molecular flexibility index (Phi) is 5.37. The van der Waals surface area contributed by atoms with Crippen LogP contribution in [0.5, 0.6) is 0 Å². The van der Waals surface area contributed by atoms with Crippen LogP contribution in [0.4, 0.5) is 0 Å². The Labute approximate surface area is 137 Å². The number of alkyl halides is 2. The molecule has 2 atom stereocenters. The van der Waals surface area contributed by atoms with Crippen molar-refractivity contribution in [3.63, 3.8) is 0 Å². The first-order valence-corrected chi connectivity index (χ1v) is 8.35. The zero-order valence-corrected chi connectivity index (χ0v) is 14.7. The van der Waals surface area contributed by atoms with Crippen LogP contribution in [-0.2, 0) is 0 Å². The van der Waals surface area contributed by atoms with Crippen LogP contribution in [0.1, 0.15) is 20.7 Å². The molecule has 0 radical (unpaired) electrons. The highest BCUT2D eigenvalue weighted by Crippen LogP contribution is 2.33. The van der Waals surface area contributed by atoms with Crippen molar-refractivity contribution in [3.8, 4) is 0 Å². The Morgan fingerprint density at radius 3 is 2.05 bits per heavy atom. The highest BCUT2D eigenvalue weighted by molar-refractivity contribution is 9.12. The van der Waals surface area contributed by atoms with Crippen molar-refractivity contribution in [2.24, 2.45) is 0 Å². The average molecular weight is 447 g/mol. The monoisotopic (exact) mass is 444 g/mol. The normalized spacial score (nSPS) is 13.8. The molecule has 0 aliphatic rings. The Balaban J connectivity index is 2.17. The molecule has 0 aromatic heterocycles. The van der Waals surface area contributed by atoms with Gasteiger partial charge in [0, 0.05) is 10.0 Å². The molecular formula is C15H11Br3O. The summed E-state index contributed by atoms with van der Waals surface area (Å²) in [6.45, 7) is 0. The lowest BCUT2D eigenvalue weighted by Crippen LogP contribution is -2.19. The van der Waals surface area contributed by atoms with Gasteiger partial charge in [0.2, 0.25) is 0 Å². The maximum atomic E-state index is 12.4. The van der Waals surface area contributed by atoms with Crippen molar-refractivity contribution in [1.29, 1.82) is 0 Å². The van der Waals surface area contributed by atoms with Gasteiger partial charge in [-0.05, 0) is 17.7 Å². The smallest absolute Gasteiger partial charge is 0.177 e. The molecule has 2 rings (SSSR count). The van der Waals surface area contributed by atoms with Crippen molar-refractivity contribution >= 4 is 53.6 Å². The summed E-state index contributed by atoms with van der Waals surface area (Å²) in [7, 11) is 0. The van der Waals surface area contributed by atoms with Gasteiger partial charge in [0.1, 0.15) is 0 Å². The molecule has 0 saturated heterocycles. The molecule has 0 aliphatic carbocycles. The fourth-order valence-corrected chi connectivity index (χ4v) is 3.09. The molecule has 2 unspecified atom stereocenters. The molecule has 2 aromatic carbocycles. The van der Waals surface area contributed by atoms with Crippen LogP contribution in [0.15, 0.2) is 59.1 Å². The molecule has 4 heteroatoms. The van der Waals surface area contributed by atoms with E-state index in [-0.39, 0.29) is 15.4 Å². The van der Waals surface area contributed by atoms with Crippen LogP contribution in [0.25, 0.3) is 0 Å². The zero-order valence-electron chi connectivity index (χ0n) is 9.89. The first kappa shape index (κ1) is 14.9. The van der Waals surface area contributed by atoms with Gasteiger partial charge in [0.15, 0.2) is 5.78 Å². The third kappa shape index (κ3) is 3.77. The van der Waals surface area contributed by atoms with E-state index in [0.717, 1.165) is 10.0 Å². The number of Topliss-reactive ketones (excluding diaryl/α,β-unsaturated/α-hetero) is 1. The van der Waals surface area contributed by atoms with E-state index in [1.165, 1.54) is 0 Å². The molecule has 0 fully saturated rings. The zero-order chi connectivity index (χ0) is 13.8. The van der Waals surface area contributed by atoms with E-state index < -0.39 is 0 Å². The van der Waals surface area contributed by atoms with Crippen LogP contribution >= 0.6 is 47.8 Å². The molecule has 19 heavy (non-hydrogen) atoms. The summed E-state index contributed by atoms with van der Waals surface area (Å²) >= 11 is 10.4. The number of carbonyl (C=O) groups is 1. The third-order valence-electron chi connectivity index (χ3n) is 2.75. The quantitative estimate of drug-likeness (QED) is 0.445. The molecule has 0 bridgehead atoms. The second-order valence-corrected chi connectivity index (χ2v) is 6.97. The topological polar surface area (TPSA) is 17.1 Å². The Morgan fingerprint density at radius 2 is 1.47 bits per heavy atom. The minimum Gasteiger partial charge on any atom is -0.293 e. The van der Waals surface area contributed by atoms with Crippen molar-refractivity contribution in [2.45, 2.75) is 9.65 Å². The van der Waals surface area contributed by atoms with Crippen LogP contribution in [0.3, 0.4) is 0 Å². The Morgan fingerprint density at radius 1 is 0.895 bits per heavy atom. The van der Waals surface area contributed by atoms with Crippen LogP contribution in [0, 0.1) is 0 Å². The summed E-state index contributed by atoms with van der Waals surface area (Å²) in [6.07, 6.45) is 0. The van der Waals surface area contributed by atoms with Crippen molar-refractivity contribution in [2.75, 3.05) is 0 Å². The Hall–Kier alpha value is -0.450. The van der Waals surface area contributed by atoms with E-state index in [1.54, 1.807) is 0 Å². The van der Waals surface area contributed by atoms with E-state index in [0.29, 0.717) is 5.56 Å². The second kappa shape index (κ2) is 6.82. The second-order valence-electron chi connectivity index (χ2n) is 4.09. The highest BCUT2D eigenvalue weighted by Gasteiger charge is 2.25. The van der Waals surface area contributed by atoms with Crippen molar-refractivity contribution < 1.29 is 4.79 Å². The van der Waals surface area contributed by atoms with Gasteiger partial charge in [0.25, 0.3) is 0 Å². The molecule has 98 valence electrons. The average Bonchev–Trinajstić information content (AvgIpc) is 2.46. The van der Waals surface area contributed by atoms with Crippen LogP contribution in [-0.4, -0.2) is 10.6 Å². The summed E-state index contributed by atoms with van der Waals surface area (Å²) in [5, 5.41) is 0. The SMILES string of the molecule is O=C(c1ccc(Br)cc1)C(Br)C(Br)c1ccccc1. The molecule has 0 heterocycles. The predicted octanol–water partition coefficient (Wildman–Crippen LogP) is 5.53. The molecule has 0 aliphatic heterocycles. The number of carbonyl (C=O) groups excluding carboxylic acids is 1. The highest BCUT2D eigenvalue weighted by atomic mass is 79.9. The molecule has 0 spiro atoms. The number of rotatable bonds is 4. The molecule has 2 aromatic rings. The number of hydrogen-bond donors (Lipinski definition) is 0. The van der Waals surface area contributed by atoms with E-state index in [1.807, 2.05) is 54.6 Å². The van der Waals surface area contributed by atoms with Gasteiger partial charge in [0.05, 0.1) is 9.65 Å². The fourth-order valence-electron chi connectivity index (χ4n) is 1.71. The van der Waals surface area contributed by atoms with E-state index in [2.05, 4.69) is 47.8 Å². The molecule has 0 N–H and O–H groups in total.